The Morgan fingerprint density at radius 3 is 1.19 bits per heavy atom. The van der Waals surface area contributed by atoms with Crippen LogP contribution in [0.5, 0.6) is 0 Å². The molecular weight excluding hydrogens is 460 g/mol. The third kappa shape index (κ3) is 19.5. The molecule has 0 bridgehead atoms. The number of halogens is 1. The van der Waals surface area contributed by atoms with Gasteiger partial charge < -0.3 is 8.97 Å². The van der Waals surface area contributed by atoms with Gasteiger partial charge in [0.1, 0.15) is 6.54 Å². The summed E-state index contributed by atoms with van der Waals surface area (Å²) in [6.45, 7) is 7.37. The van der Waals surface area contributed by atoms with E-state index in [9.17, 15) is 0 Å². The molecule has 1 rings (SSSR count). The molecule has 2 nitrogen and oxygen atoms in total. The van der Waals surface area contributed by atoms with Crippen LogP contribution in [0.1, 0.15) is 128 Å². The van der Waals surface area contributed by atoms with Gasteiger partial charge >= 0.3 is 0 Å². The summed E-state index contributed by atoms with van der Waals surface area (Å²) in [5.41, 5.74) is 1.38. The largest absolute Gasteiger partial charge is 0.328 e. The minimum Gasteiger partial charge on any atom is -0.328 e. The van der Waals surface area contributed by atoms with E-state index in [-0.39, 0.29) is 0 Å². The number of hydrogen-bond acceptors (Lipinski definition) is 0. The summed E-state index contributed by atoms with van der Waals surface area (Å²) >= 11 is 6.02. The molecule has 0 radical (unpaired) electrons. The summed E-state index contributed by atoms with van der Waals surface area (Å²) in [6.07, 6.45) is 25.6. The molecule has 1 aromatic rings. The Bertz CT molecular complexity index is 623. The van der Waals surface area contributed by atoms with Crippen molar-refractivity contribution in [3.63, 3.8) is 0 Å². The molecule has 0 spiro atoms. The maximum Gasteiger partial charge on any atom is 0.104 e. The van der Waals surface area contributed by atoms with Crippen LogP contribution in [0.25, 0.3) is 0 Å². The van der Waals surface area contributed by atoms with Crippen LogP contribution < -0.4 is 0 Å². The maximum atomic E-state index is 6.02. The predicted octanol–water partition coefficient (Wildman–Crippen LogP) is 10.0. The molecule has 0 aliphatic rings. The smallest absolute Gasteiger partial charge is 0.104 e. The molecule has 3 heteroatoms. The van der Waals surface area contributed by atoms with Crippen LogP contribution >= 0.6 is 11.6 Å². The quantitative estimate of drug-likeness (QED) is 0.0935. The van der Waals surface area contributed by atoms with Gasteiger partial charge in [-0.1, -0.05) is 108 Å². The van der Waals surface area contributed by atoms with Crippen molar-refractivity contribution in [1.82, 2.24) is 0 Å². The van der Waals surface area contributed by atoms with Crippen LogP contribution in [0, 0.1) is 0 Å². The van der Waals surface area contributed by atoms with Crippen molar-refractivity contribution < 1.29 is 8.97 Å². The highest BCUT2D eigenvalue weighted by Crippen LogP contribution is 2.17. The van der Waals surface area contributed by atoms with Gasteiger partial charge in [0.25, 0.3) is 0 Å². The van der Waals surface area contributed by atoms with Gasteiger partial charge in [-0.2, -0.15) is 0 Å². The summed E-state index contributed by atoms with van der Waals surface area (Å²) in [6, 6.07) is 8.35. The van der Waals surface area contributed by atoms with E-state index < -0.39 is 0 Å². The third-order valence-electron chi connectivity index (χ3n) is 7.92. The molecule has 0 saturated heterocycles. The summed E-state index contributed by atoms with van der Waals surface area (Å²) in [7, 11) is 9.59. The standard InChI is InChI=1S/C33H63ClN2/c1-6-7-8-9-10-11-12-15-18-21-28-35(2,3)29-22-19-16-13-14-17-20-23-30-36(4,5)31-32-24-26-33(34)27-25-32/h24-27H,6-23,28-31H2,1-5H3/q+2. The van der Waals surface area contributed by atoms with Crippen molar-refractivity contribution in [2.45, 2.75) is 129 Å². The Balaban J connectivity index is 1.91. The molecular formula is C33H63ClN2+2. The number of quaternary nitrogens is 2. The second-order valence-corrected chi connectivity index (χ2v) is 13.3. The van der Waals surface area contributed by atoms with Crippen molar-refractivity contribution in [2.75, 3.05) is 47.8 Å². The Morgan fingerprint density at radius 2 is 0.806 bits per heavy atom. The van der Waals surface area contributed by atoms with E-state index in [4.69, 9.17) is 11.6 Å². The topological polar surface area (TPSA) is 0 Å². The molecule has 0 aromatic heterocycles. The third-order valence-corrected chi connectivity index (χ3v) is 8.17. The molecule has 0 saturated carbocycles. The number of rotatable bonds is 24. The van der Waals surface area contributed by atoms with Crippen LogP contribution in [0.4, 0.5) is 0 Å². The first-order valence-corrected chi connectivity index (χ1v) is 16.0. The van der Waals surface area contributed by atoms with Gasteiger partial charge in [0, 0.05) is 10.6 Å². The fraction of sp³-hybridized carbons (Fsp3) is 0.818. The normalized spacial score (nSPS) is 12.4. The molecule has 0 amide bonds. The maximum absolute atomic E-state index is 6.02. The van der Waals surface area contributed by atoms with Gasteiger partial charge in [-0.05, 0) is 50.7 Å². The van der Waals surface area contributed by atoms with Gasteiger partial charge in [0.15, 0.2) is 0 Å². The number of benzene rings is 1. The summed E-state index contributed by atoms with van der Waals surface area (Å²) < 4.78 is 2.29. The van der Waals surface area contributed by atoms with Crippen LogP contribution in [0.15, 0.2) is 24.3 Å². The Hall–Kier alpha value is -0.570. The first kappa shape index (κ1) is 33.5. The zero-order valence-corrected chi connectivity index (χ0v) is 25.9. The lowest BCUT2D eigenvalue weighted by Crippen LogP contribution is -2.41. The molecule has 1 aromatic carbocycles. The van der Waals surface area contributed by atoms with Crippen LogP contribution in [0.2, 0.25) is 5.02 Å². The predicted molar refractivity (Wildman–Crippen MR) is 163 cm³/mol. The van der Waals surface area contributed by atoms with Crippen molar-refractivity contribution >= 4 is 11.6 Å². The van der Waals surface area contributed by atoms with Crippen LogP contribution in [-0.2, 0) is 6.54 Å². The summed E-state index contributed by atoms with van der Waals surface area (Å²) in [5, 5.41) is 0.830. The average molecular weight is 523 g/mol. The van der Waals surface area contributed by atoms with Gasteiger partial charge in [-0.25, -0.2) is 0 Å². The lowest BCUT2D eigenvalue weighted by molar-refractivity contribution is -0.903. The highest BCUT2D eigenvalue weighted by atomic mass is 35.5. The molecule has 210 valence electrons. The first-order valence-electron chi connectivity index (χ1n) is 15.6. The molecule has 36 heavy (non-hydrogen) atoms. The Morgan fingerprint density at radius 1 is 0.472 bits per heavy atom. The highest BCUT2D eigenvalue weighted by Gasteiger charge is 2.15. The van der Waals surface area contributed by atoms with E-state index in [0.717, 1.165) is 16.1 Å². The molecule has 0 fully saturated rings. The van der Waals surface area contributed by atoms with E-state index in [1.165, 1.54) is 145 Å². The minimum atomic E-state index is 0.830. The van der Waals surface area contributed by atoms with Gasteiger partial charge in [-0.15, -0.1) is 0 Å². The minimum absolute atomic E-state index is 0.830. The van der Waals surface area contributed by atoms with Crippen molar-refractivity contribution in [1.29, 1.82) is 0 Å². The Labute approximate surface area is 232 Å². The molecule has 0 aliphatic carbocycles. The van der Waals surface area contributed by atoms with Crippen LogP contribution in [0.3, 0.4) is 0 Å². The van der Waals surface area contributed by atoms with Gasteiger partial charge in [-0.3, -0.25) is 0 Å². The molecule has 0 aliphatic heterocycles. The molecule has 0 atom stereocenters. The van der Waals surface area contributed by atoms with Gasteiger partial charge in [0.2, 0.25) is 0 Å². The van der Waals surface area contributed by atoms with E-state index in [1.807, 2.05) is 12.1 Å². The van der Waals surface area contributed by atoms with Crippen molar-refractivity contribution in [3.8, 4) is 0 Å². The zero-order valence-electron chi connectivity index (χ0n) is 25.1. The SMILES string of the molecule is CCCCCCCCCCCC[N+](C)(C)CCCCCCCCCC[N+](C)(C)Cc1ccc(Cl)cc1. The van der Waals surface area contributed by atoms with Crippen molar-refractivity contribution in [2.24, 2.45) is 0 Å². The molecule has 0 N–H and O–H groups in total. The van der Waals surface area contributed by atoms with Crippen LogP contribution in [-0.4, -0.2) is 56.8 Å². The number of unbranched alkanes of at least 4 members (excludes halogenated alkanes) is 16. The summed E-state index contributed by atoms with van der Waals surface area (Å²) in [5.74, 6) is 0. The highest BCUT2D eigenvalue weighted by molar-refractivity contribution is 6.30. The van der Waals surface area contributed by atoms with E-state index in [2.05, 4.69) is 47.2 Å². The zero-order chi connectivity index (χ0) is 26.5. The van der Waals surface area contributed by atoms with Crippen molar-refractivity contribution in [3.05, 3.63) is 34.9 Å². The first-order chi connectivity index (χ1) is 17.2. The average Bonchev–Trinajstić information content (AvgIpc) is 2.82. The monoisotopic (exact) mass is 522 g/mol. The van der Waals surface area contributed by atoms with Gasteiger partial charge in [0.05, 0.1) is 47.8 Å². The van der Waals surface area contributed by atoms with E-state index in [0.29, 0.717) is 0 Å². The Kier molecular flexibility index (Phi) is 19.0. The molecule has 0 heterocycles. The van der Waals surface area contributed by atoms with E-state index in [1.54, 1.807) is 0 Å². The fourth-order valence-corrected chi connectivity index (χ4v) is 5.57. The number of hydrogen-bond donors (Lipinski definition) is 0. The second-order valence-electron chi connectivity index (χ2n) is 12.8. The lowest BCUT2D eigenvalue weighted by Gasteiger charge is -2.30. The van der Waals surface area contributed by atoms with E-state index >= 15 is 0 Å². The second kappa shape index (κ2) is 20.4. The summed E-state index contributed by atoms with van der Waals surface area (Å²) in [4.78, 5) is 0. The fourth-order valence-electron chi connectivity index (χ4n) is 5.44. The molecule has 0 unspecified atom stereocenters. The number of nitrogens with zero attached hydrogens (tertiary/aromatic N) is 2. The lowest BCUT2D eigenvalue weighted by atomic mass is 10.1.